The first kappa shape index (κ1) is 13.1. The molecule has 0 unspecified atom stereocenters. The summed E-state index contributed by atoms with van der Waals surface area (Å²) in [6, 6.07) is 11.5. The van der Waals surface area contributed by atoms with Gasteiger partial charge in [0.1, 0.15) is 5.69 Å². The highest BCUT2D eigenvalue weighted by molar-refractivity contribution is 5.92. The third-order valence-electron chi connectivity index (χ3n) is 2.80. The van der Waals surface area contributed by atoms with Crippen LogP contribution in [0.25, 0.3) is 0 Å². The molecule has 4 heteroatoms. The van der Waals surface area contributed by atoms with Crippen molar-refractivity contribution < 1.29 is 4.79 Å². The molecule has 2 rings (SSSR count). The van der Waals surface area contributed by atoms with Gasteiger partial charge in [-0.1, -0.05) is 29.8 Å². The molecule has 0 bridgehead atoms. The molecule has 0 radical (unpaired) electrons. The van der Waals surface area contributed by atoms with E-state index in [1.807, 2.05) is 6.07 Å². The van der Waals surface area contributed by atoms with E-state index in [1.165, 1.54) is 17.3 Å². The number of pyridine rings is 1. The highest BCUT2D eigenvalue weighted by Crippen LogP contribution is 2.05. The van der Waals surface area contributed by atoms with Crippen molar-refractivity contribution >= 4 is 11.6 Å². The molecule has 0 saturated heterocycles. The summed E-state index contributed by atoms with van der Waals surface area (Å²) in [5, 5.41) is 2.84. The molecule has 0 aliphatic carbocycles. The summed E-state index contributed by atoms with van der Waals surface area (Å²) in [6.07, 6.45) is 2.33. The van der Waals surface area contributed by atoms with Gasteiger partial charge in [0.05, 0.1) is 0 Å². The van der Waals surface area contributed by atoms with Gasteiger partial charge >= 0.3 is 0 Å². The van der Waals surface area contributed by atoms with Gasteiger partial charge in [-0.15, -0.1) is 0 Å². The van der Waals surface area contributed by atoms with Crippen molar-refractivity contribution in [1.82, 2.24) is 10.3 Å². The zero-order valence-corrected chi connectivity index (χ0v) is 10.9. The van der Waals surface area contributed by atoms with Crippen LogP contribution in [0.1, 0.15) is 21.6 Å². The van der Waals surface area contributed by atoms with Crippen LogP contribution in [0.15, 0.2) is 42.6 Å². The lowest BCUT2D eigenvalue weighted by atomic mass is 10.1. The average molecular weight is 255 g/mol. The Hall–Kier alpha value is -2.36. The van der Waals surface area contributed by atoms with Gasteiger partial charge in [-0.3, -0.25) is 9.78 Å². The number of anilines is 1. The predicted molar refractivity (Wildman–Crippen MR) is 75.9 cm³/mol. The number of nitrogen functional groups attached to an aromatic ring is 1. The van der Waals surface area contributed by atoms with Crippen molar-refractivity contribution in [3.05, 3.63) is 59.4 Å². The molecule has 1 amide bonds. The topological polar surface area (TPSA) is 68.0 Å². The molecule has 1 aromatic heterocycles. The standard InChI is InChI=1S/C15H17N3O/c1-11-3-2-4-12(9-11)5-7-18-15(19)14-10-13(16)6-8-17-14/h2-4,6,8-10H,5,7H2,1H3,(H2,16,17)(H,18,19). The molecule has 3 N–H and O–H groups in total. The van der Waals surface area contributed by atoms with Crippen molar-refractivity contribution in [2.24, 2.45) is 0 Å². The number of aromatic nitrogens is 1. The minimum atomic E-state index is -0.194. The number of amides is 1. The number of rotatable bonds is 4. The number of carbonyl (C=O) groups excluding carboxylic acids is 1. The van der Waals surface area contributed by atoms with Crippen molar-refractivity contribution in [3.63, 3.8) is 0 Å². The normalized spacial score (nSPS) is 10.2. The molecule has 0 saturated carbocycles. The van der Waals surface area contributed by atoms with Crippen LogP contribution < -0.4 is 11.1 Å². The molecule has 0 aliphatic rings. The zero-order valence-electron chi connectivity index (χ0n) is 10.9. The number of nitrogens with two attached hydrogens (primary N) is 1. The fraction of sp³-hybridized carbons (Fsp3) is 0.200. The molecule has 4 nitrogen and oxygen atoms in total. The van der Waals surface area contributed by atoms with Crippen molar-refractivity contribution in [1.29, 1.82) is 0 Å². The van der Waals surface area contributed by atoms with Crippen LogP contribution in [0.3, 0.4) is 0 Å². The zero-order chi connectivity index (χ0) is 13.7. The molecule has 1 aromatic carbocycles. The quantitative estimate of drug-likeness (QED) is 0.877. The smallest absolute Gasteiger partial charge is 0.269 e. The third kappa shape index (κ3) is 3.81. The van der Waals surface area contributed by atoms with Crippen LogP contribution >= 0.6 is 0 Å². The maximum absolute atomic E-state index is 11.8. The lowest BCUT2D eigenvalue weighted by Gasteiger charge is -2.06. The van der Waals surface area contributed by atoms with E-state index in [2.05, 4.69) is 35.4 Å². The van der Waals surface area contributed by atoms with Crippen molar-refractivity contribution in [2.75, 3.05) is 12.3 Å². The Kier molecular flexibility index (Phi) is 4.13. The van der Waals surface area contributed by atoms with E-state index >= 15 is 0 Å². The predicted octanol–water partition coefficient (Wildman–Crippen LogP) is 1.94. The molecular formula is C15H17N3O. The summed E-state index contributed by atoms with van der Waals surface area (Å²) in [5.74, 6) is -0.194. The molecule has 98 valence electrons. The first-order valence-corrected chi connectivity index (χ1v) is 6.20. The largest absolute Gasteiger partial charge is 0.399 e. The van der Waals surface area contributed by atoms with Gasteiger partial charge in [-0.2, -0.15) is 0 Å². The molecule has 19 heavy (non-hydrogen) atoms. The minimum absolute atomic E-state index is 0.194. The number of carbonyl (C=O) groups is 1. The highest BCUT2D eigenvalue weighted by Gasteiger charge is 2.06. The SMILES string of the molecule is Cc1cccc(CCNC(=O)c2cc(N)ccn2)c1. The Balaban J connectivity index is 1.87. The molecule has 2 aromatic rings. The van der Waals surface area contributed by atoms with Gasteiger partial charge in [0.25, 0.3) is 5.91 Å². The fourth-order valence-electron chi connectivity index (χ4n) is 1.85. The van der Waals surface area contributed by atoms with E-state index in [0.29, 0.717) is 17.9 Å². The number of nitrogens with one attached hydrogen (secondary N) is 1. The number of nitrogens with zero attached hydrogens (tertiary/aromatic N) is 1. The third-order valence-corrected chi connectivity index (χ3v) is 2.80. The van der Waals surface area contributed by atoms with Gasteiger partial charge in [0, 0.05) is 18.4 Å². The summed E-state index contributed by atoms with van der Waals surface area (Å²) in [7, 11) is 0. The number of benzene rings is 1. The Morgan fingerprint density at radius 3 is 2.89 bits per heavy atom. The Morgan fingerprint density at radius 1 is 1.32 bits per heavy atom. The van der Waals surface area contributed by atoms with E-state index in [9.17, 15) is 4.79 Å². The molecule has 1 heterocycles. The minimum Gasteiger partial charge on any atom is -0.399 e. The van der Waals surface area contributed by atoms with Gasteiger partial charge in [0.2, 0.25) is 0 Å². The summed E-state index contributed by atoms with van der Waals surface area (Å²) >= 11 is 0. The van der Waals surface area contributed by atoms with E-state index in [1.54, 1.807) is 12.1 Å². The first-order chi connectivity index (χ1) is 9.15. The number of hydrogen-bond donors (Lipinski definition) is 2. The summed E-state index contributed by atoms with van der Waals surface area (Å²) in [6.45, 7) is 2.64. The summed E-state index contributed by atoms with van der Waals surface area (Å²) in [5.41, 5.74) is 8.94. The summed E-state index contributed by atoms with van der Waals surface area (Å²) < 4.78 is 0. The molecule has 0 aliphatic heterocycles. The average Bonchev–Trinajstić information content (AvgIpc) is 2.38. The van der Waals surface area contributed by atoms with E-state index < -0.39 is 0 Å². The first-order valence-electron chi connectivity index (χ1n) is 6.20. The van der Waals surface area contributed by atoms with Gasteiger partial charge in [-0.05, 0) is 31.0 Å². The molecule has 0 spiro atoms. The van der Waals surface area contributed by atoms with Crippen LogP contribution in [0.2, 0.25) is 0 Å². The molecule has 0 fully saturated rings. The second kappa shape index (κ2) is 6.00. The highest BCUT2D eigenvalue weighted by atomic mass is 16.1. The van der Waals surface area contributed by atoms with Crippen LogP contribution in [0.4, 0.5) is 5.69 Å². The second-order valence-electron chi connectivity index (χ2n) is 4.47. The maximum Gasteiger partial charge on any atom is 0.269 e. The molecular weight excluding hydrogens is 238 g/mol. The van der Waals surface area contributed by atoms with Gasteiger partial charge in [-0.25, -0.2) is 0 Å². The van der Waals surface area contributed by atoms with Crippen LogP contribution in [0, 0.1) is 6.92 Å². The molecule has 0 atom stereocenters. The number of aryl methyl sites for hydroxylation is 1. The van der Waals surface area contributed by atoms with Gasteiger partial charge < -0.3 is 11.1 Å². The summed E-state index contributed by atoms with van der Waals surface area (Å²) in [4.78, 5) is 15.8. The second-order valence-corrected chi connectivity index (χ2v) is 4.47. The lowest BCUT2D eigenvalue weighted by molar-refractivity contribution is 0.0949. The van der Waals surface area contributed by atoms with Crippen LogP contribution in [-0.2, 0) is 6.42 Å². The fourth-order valence-corrected chi connectivity index (χ4v) is 1.85. The Bertz CT molecular complexity index is 581. The van der Waals surface area contributed by atoms with Gasteiger partial charge in [0.15, 0.2) is 0 Å². The van der Waals surface area contributed by atoms with Crippen molar-refractivity contribution in [3.8, 4) is 0 Å². The number of hydrogen-bond acceptors (Lipinski definition) is 3. The Morgan fingerprint density at radius 2 is 2.16 bits per heavy atom. The van der Waals surface area contributed by atoms with Crippen LogP contribution in [-0.4, -0.2) is 17.4 Å². The van der Waals surface area contributed by atoms with Crippen molar-refractivity contribution in [2.45, 2.75) is 13.3 Å². The van der Waals surface area contributed by atoms with E-state index in [-0.39, 0.29) is 5.91 Å². The monoisotopic (exact) mass is 255 g/mol. The van der Waals surface area contributed by atoms with Crippen LogP contribution in [0.5, 0.6) is 0 Å². The Labute approximate surface area is 112 Å². The maximum atomic E-state index is 11.8. The lowest BCUT2D eigenvalue weighted by Crippen LogP contribution is -2.26. The van der Waals surface area contributed by atoms with E-state index in [4.69, 9.17) is 5.73 Å². The van der Waals surface area contributed by atoms with E-state index in [0.717, 1.165) is 6.42 Å².